The van der Waals surface area contributed by atoms with Crippen molar-refractivity contribution in [3.8, 4) is 0 Å². The molecule has 0 radical (unpaired) electrons. The number of nitrogens with zero attached hydrogens (tertiary/aromatic N) is 2. The van der Waals surface area contributed by atoms with Crippen LogP contribution >= 0.6 is 15.9 Å². The van der Waals surface area contributed by atoms with Gasteiger partial charge < -0.3 is 9.80 Å². The molecule has 1 saturated heterocycles. The Balaban J connectivity index is 1.99. The van der Waals surface area contributed by atoms with E-state index in [2.05, 4.69) is 32.5 Å². The summed E-state index contributed by atoms with van der Waals surface area (Å²) in [7, 11) is -3.70. The Hall–Kier alpha value is -0.960. The molecule has 1 aliphatic rings. The summed E-state index contributed by atoms with van der Waals surface area (Å²) in [5, 5.41) is 0. The summed E-state index contributed by atoms with van der Waals surface area (Å²) in [6.07, 6.45) is 0. The number of hydrogen-bond donors (Lipinski definition) is 1. The van der Waals surface area contributed by atoms with E-state index in [1.54, 1.807) is 24.0 Å². The number of rotatable bonds is 5. The zero-order valence-electron chi connectivity index (χ0n) is 13.3. The number of halogens is 1. The lowest BCUT2D eigenvalue weighted by atomic mass is 10.2. The van der Waals surface area contributed by atoms with E-state index in [0.29, 0.717) is 13.1 Å². The van der Waals surface area contributed by atoms with Crippen molar-refractivity contribution < 1.29 is 13.2 Å². The molecule has 1 atom stereocenters. The standard InChI is InChI=1S/C15H22BrN3O3S/c1-3-18-8-10-19(11-9-18)15(20)12(2)17-23(21,22)14-6-4-13(16)5-7-14/h4-7,12,17H,3,8-11H2,1-2H3/t12-/m1/s1. The Morgan fingerprint density at radius 2 is 1.78 bits per heavy atom. The number of nitrogens with one attached hydrogen (secondary N) is 1. The summed E-state index contributed by atoms with van der Waals surface area (Å²) in [5.74, 6) is -0.179. The Kier molecular flexibility index (Phi) is 6.19. The lowest BCUT2D eigenvalue weighted by molar-refractivity contribution is -0.134. The van der Waals surface area contributed by atoms with Crippen LogP contribution in [0.4, 0.5) is 0 Å². The van der Waals surface area contributed by atoms with Crippen molar-refractivity contribution in [2.75, 3.05) is 32.7 Å². The lowest BCUT2D eigenvalue weighted by Gasteiger charge is -2.35. The summed E-state index contributed by atoms with van der Waals surface area (Å²) < 4.78 is 27.9. The van der Waals surface area contributed by atoms with Gasteiger partial charge in [-0.2, -0.15) is 4.72 Å². The van der Waals surface area contributed by atoms with Crippen LogP contribution in [0.15, 0.2) is 33.6 Å². The first kappa shape index (κ1) is 18.4. The van der Waals surface area contributed by atoms with Crippen LogP contribution in [0.2, 0.25) is 0 Å². The minimum Gasteiger partial charge on any atom is -0.339 e. The van der Waals surface area contributed by atoms with Crippen LogP contribution in [0.5, 0.6) is 0 Å². The normalized spacial score (nSPS) is 18.0. The number of likely N-dealkylation sites (N-methyl/N-ethyl adjacent to an activating group) is 1. The van der Waals surface area contributed by atoms with Gasteiger partial charge in [-0.3, -0.25) is 4.79 Å². The highest BCUT2D eigenvalue weighted by molar-refractivity contribution is 9.10. The van der Waals surface area contributed by atoms with Crippen molar-refractivity contribution in [1.29, 1.82) is 0 Å². The van der Waals surface area contributed by atoms with E-state index in [1.165, 1.54) is 12.1 Å². The van der Waals surface area contributed by atoms with E-state index >= 15 is 0 Å². The predicted molar refractivity (Wildman–Crippen MR) is 92.6 cm³/mol. The molecule has 1 heterocycles. The topological polar surface area (TPSA) is 69.7 Å². The maximum atomic E-state index is 12.4. The van der Waals surface area contributed by atoms with Gasteiger partial charge in [0.15, 0.2) is 0 Å². The molecule has 0 saturated carbocycles. The van der Waals surface area contributed by atoms with Gasteiger partial charge in [0.05, 0.1) is 10.9 Å². The Bertz CT molecular complexity index is 640. The van der Waals surface area contributed by atoms with Crippen LogP contribution in [-0.2, 0) is 14.8 Å². The van der Waals surface area contributed by atoms with Gasteiger partial charge in [0.1, 0.15) is 0 Å². The first-order chi connectivity index (χ1) is 10.8. The smallest absolute Gasteiger partial charge is 0.241 e. The molecule has 0 bridgehead atoms. The monoisotopic (exact) mass is 403 g/mol. The molecular formula is C15H22BrN3O3S. The second-order valence-corrected chi connectivity index (χ2v) is 8.19. The van der Waals surface area contributed by atoms with Crippen LogP contribution in [0.25, 0.3) is 0 Å². The van der Waals surface area contributed by atoms with Gasteiger partial charge in [-0.25, -0.2) is 8.42 Å². The largest absolute Gasteiger partial charge is 0.339 e. The summed E-state index contributed by atoms with van der Waals surface area (Å²) in [5.41, 5.74) is 0. The molecule has 1 N–H and O–H groups in total. The van der Waals surface area contributed by atoms with E-state index in [1.807, 2.05) is 0 Å². The first-order valence-electron chi connectivity index (χ1n) is 7.62. The summed E-state index contributed by atoms with van der Waals surface area (Å²) in [6.45, 7) is 7.57. The van der Waals surface area contributed by atoms with Gasteiger partial charge in [-0.15, -0.1) is 0 Å². The molecule has 1 aromatic carbocycles. The average molecular weight is 404 g/mol. The maximum absolute atomic E-state index is 12.4. The van der Waals surface area contributed by atoms with Crippen molar-refractivity contribution >= 4 is 31.9 Å². The van der Waals surface area contributed by atoms with Crippen LogP contribution < -0.4 is 4.72 Å². The number of amides is 1. The zero-order valence-corrected chi connectivity index (χ0v) is 15.7. The van der Waals surface area contributed by atoms with Crippen LogP contribution in [0, 0.1) is 0 Å². The molecule has 2 rings (SSSR count). The molecule has 6 nitrogen and oxygen atoms in total. The van der Waals surface area contributed by atoms with Crippen molar-refractivity contribution in [2.24, 2.45) is 0 Å². The minimum atomic E-state index is -3.70. The quantitative estimate of drug-likeness (QED) is 0.803. The third-order valence-corrected chi connectivity index (χ3v) is 6.04. The van der Waals surface area contributed by atoms with E-state index in [0.717, 1.165) is 24.1 Å². The van der Waals surface area contributed by atoms with Gasteiger partial charge in [0, 0.05) is 30.7 Å². The highest BCUT2D eigenvalue weighted by Gasteiger charge is 2.27. The third kappa shape index (κ3) is 4.76. The molecule has 0 spiro atoms. The summed E-state index contributed by atoms with van der Waals surface area (Å²) >= 11 is 3.27. The fraction of sp³-hybridized carbons (Fsp3) is 0.533. The highest BCUT2D eigenvalue weighted by atomic mass is 79.9. The SMILES string of the molecule is CCN1CCN(C(=O)[C@@H](C)NS(=O)(=O)c2ccc(Br)cc2)CC1. The Morgan fingerprint density at radius 1 is 1.22 bits per heavy atom. The molecule has 0 aromatic heterocycles. The molecule has 1 fully saturated rings. The zero-order chi connectivity index (χ0) is 17.0. The van der Waals surface area contributed by atoms with Crippen LogP contribution in [-0.4, -0.2) is 62.9 Å². The Labute approximate surface area is 146 Å². The highest BCUT2D eigenvalue weighted by Crippen LogP contribution is 2.15. The van der Waals surface area contributed by atoms with E-state index in [4.69, 9.17) is 0 Å². The van der Waals surface area contributed by atoms with Gasteiger partial charge >= 0.3 is 0 Å². The number of hydrogen-bond acceptors (Lipinski definition) is 4. The van der Waals surface area contributed by atoms with Gasteiger partial charge in [-0.1, -0.05) is 22.9 Å². The third-order valence-electron chi connectivity index (χ3n) is 3.96. The molecule has 1 aliphatic heterocycles. The molecule has 23 heavy (non-hydrogen) atoms. The number of benzene rings is 1. The van der Waals surface area contributed by atoms with Crippen molar-refractivity contribution in [1.82, 2.24) is 14.5 Å². The number of sulfonamides is 1. The van der Waals surface area contributed by atoms with Crippen molar-refractivity contribution in [3.05, 3.63) is 28.7 Å². The molecule has 0 unspecified atom stereocenters. The second kappa shape index (κ2) is 7.74. The maximum Gasteiger partial charge on any atom is 0.241 e. The van der Waals surface area contributed by atoms with Gasteiger partial charge in [-0.05, 0) is 37.7 Å². The fourth-order valence-corrected chi connectivity index (χ4v) is 3.98. The van der Waals surface area contributed by atoms with E-state index < -0.39 is 16.1 Å². The van der Waals surface area contributed by atoms with Crippen LogP contribution in [0.3, 0.4) is 0 Å². The van der Waals surface area contributed by atoms with Crippen LogP contribution in [0.1, 0.15) is 13.8 Å². The molecule has 8 heteroatoms. The number of piperazine rings is 1. The van der Waals surface area contributed by atoms with Crippen molar-refractivity contribution in [3.63, 3.8) is 0 Å². The van der Waals surface area contributed by atoms with E-state index in [-0.39, 0.29) is 10.8 Å². The van der Waals surface area contributed by atoms with Crippen molar-refractivity contribution in [2.45, 2.75) is 24.8 Å². The molecule has 128 valence electrons. The fourth-order valence-electron chi connectivity index (χ4n) is 2.52. The summed E-state index contributed by atoms with van der Waals surface area (Å²) in [4.78, 5) is 16.6. The Morgan fingerprint density at radius 3 is 2.30 bits per heavy atom. The lowest BCUT2D eigenvalue weighted by Crippen LogP contribution is -2.54. The predicted octanol–water partition coefficient (Wildman–Crippen LogP) is 1.28. The van der Waals surface area contributed by atoms with E-state index in [9.17, 15) is 13.2 Å². The average Bonchev–Trinajstić information content (AvgIpc) is 2.54. The molecular weight excluding hydrogens is 382 g/mol. The molecule has 1 aromatic rings. The number of carbonyl (C=O) groups excluding carboxylic acids is 1. The number of carbonyl (C=O) groups is 1. The minimum absolute atomic E-state index is 0.149. The molecule has 0 aliphatic carbocycles. The van der Waals surface area contributed by atoms with Gasteiger partial charge in [0.2, 0.25) is 15.9 Å². The first-order valence-corrected chi connectivity index (χ1v) is 9.90. The summed E-state index contributed by atoms with van der Waals surface area (Å²) in [6, 6.07) is 5.54. The second-order valence-electron chi connectivity index (χ2n) is 5.56. The van der Waals surface area contributed by atoms with Gasteiger partial charge in [0.25, 0.3) is 0 Å². The molecule has 1 amide bonds.